The molecule has 1 saturated heterocycles. The van der Waals surface area contributed by atoms with E-state index >= 15 is 0 Å². The van der Waals surface area contributed by atoms with Crippen molar-refractivity contribution in [1.29, 1.82) is 0 Å². The molecule has 2 amide bonds. The van der Waals surface area contributed by atoms with Crippen LogP contribution in [0.25, 0.3) is 6.08 Å². The Morgan fingerprint density at radius 2 is 1.71 bits per heavy atom. The van der Waals surface area contributed by atoms with Crippen molar-refractivity contribution in [2.45, 2.75) is 6.92 Å². The fraction of sp³-hybridized carbons (Fsp3) is 0.115. The molecule has 3 aromatic rings. The molecule has 0 radical (unpaired) electrons. The molecule has 34 heavy (non-hydrogen) atoms. The van der Waals surface area contributed by atoms with Crippen molar-refractivity contribution in [1.82, 2.24) is 0 Å². The normalized spacial score (nSPS) is 14.4. The number of rotatable bonds is 8. The standard InChI is InChI=1S/C26H22N2O4S2/c1-2-31-21-14-12-20(13-15-21)28-25(30)23(34-26(28)33)16-18-8-6-7-11-22(18)32-17-24(29)27-19-9-4-3-5-10-19/h3-16H,2,17H2,1H3,(H,27,29)/b23-16+. The molecule has 0 aromatic heterocycles. The highest BCUT2D eigenvalue weighted by Gasteiger charge is 2.33. The van der Waals surface area contributed by atoms with Crippen molar-refractivity contribution in [3.63, 3.8) is 0 Å². The van der Waals surface area contributed by atoms with Gasteiger partial charge in [0.15, 0.2) is 10.9 Å². The molecule has 0 spiro atoms. The van der Waals surface area contributed by atoms with Gasteiger partial charge < -0.3 is 14.8 Å². The summed E-state index contributed by atoms with van der Waals surface area (Å²) in [6, 6.07) is 23.6. The van der Waals surface area contributed by atoms with E-state index in [0.29, 0.717) is 38.5 Å². The van der Waals surface area contributed by atoms with Gasteiger partial charge in [0, 0.05) is 11.3 Å². The van der Waals surface area contributed by atoms with Crippen LogP contribution in [0.15, 0.2) is 83.8 Å². The average molecular weight is 491 g/mol. The number of thiocarbonyl (C=S) groups is 1. The number of ether oxygens (including phenoxy) is 2. The van der Waals surface area contributed by atoms with Gasteiger partial charge >= 0.3 is 0 Å². The second kappa shape index (κ2) is 11.0. The SMILES string of the molecule is CCOc1ccc(N2C(=O)/C(=C\c3ccccc3OCC(=O)Nc3ccccc3)SC2=S)cc1. The first-order chi connectivity index (χ1) is 16.5. The van der Waals surface area contributed by atoms with E-state index in [-0.39, 0.29) is 18.4 Å². The zero-order valence-corrected chi connectivity index (χ0v) is 20.0. The summed E-state index contributed by atoms with van der Waals surface area (Å²) in [6.45, 7) is 2.32. The molecule has 0 aliphatic carbocycles. The summed E-state index contributed by atoms with van der Waals surface area (Å²) in [7, 11) is 0. The number of hydrogen-bond donors (Lipinski definition) is 1. The first-order valence-corrected chi connectivity index (χ1v) is 11.8. The summed E-state index contributed by atoms with van der Waals surface area (Å²) >= 11 is 6.69. The Balaban J connectivity index is 1.47. The highest BCUT2D eigenvalue weighted by molar-refractivity contribution is 8.27. The minimum Gasteiger partial charge on any atom is -0.494 e. The van der Waals surface area contributed by atoms with Gasteiger partial charge in [-0.15, -0.1) is 0 Å². The Morgan fingerprint density at radius 3 is 2.44 bits per heavy atom. The van der Waals surface area contributed by atoms with Gasteiger partial charge in [0.05, 0.1) is 17.2 Å². The number of para-hydroxylation sites is 2. The van der Waals surface area contributed by atoms with E-state index in [0.717, 1.165) is 5.75 Å². The van der Waals surface area contributed by atoms with Crippen LogP contribution < -0.4 is 19.7 Å². The van der Waals surface area contributed by atoms with Gasteiger partial charge in [0.1, 0.15) is 11.5 Å². The van der Waals surface area contributed by atoms with Crippen LogP contribution in [0.4, 0.5) is 11.4 Å². The van der Waals surface area contributed by atoms with E-state index in [1.54, 1.807) is 36.4 Å². The Bertz CT molecular complexity index is 1230. The van der Waals surface area contributed by atoms with E-state index in [4.69, 9.17) is 21.7 Å². The van der Waals surface area contributed by atoms with Crippen molar-refractivity contribution in [2.75, 3.05) is 23.4 Å². The van der Waals surface area contributed by atoms with Crippen LogP contribution >= 0.6 is 24.0 Å². The molecule has 8 heteroatoms. The predicted octanol–water partition coefficient (Wildman–Crippen LogP) is 5.51. The third kappa shape index (κ3) is 5.65. The molecular formula is C26H22N2O4S2. The van der Waals surface area contributed by atoms with E-state index < -0.39 is 0 Å². The fourth-order valence-electron chi connectivity index (χ4n) is 3.28. The van der Waals surface area contributed by atoms with Crippen LogP contribution in [-0.2, 0) is 9.59 Å². The summed E-state index contributed by atoms with van der Waals surface area (Å²) in [4.78, 5) is 27.4. The van der Waals surface area contributed by atoms with Crippen LogP contribution in [0.1, 0.15) is 12.5 Å². The molecule has 3 aromatic carbocycles. The van der Waals surface area contributed by atoms with Gasteiger partial charge in [0.25, 0.3) is 11.8 Å². The van der Waals surface area contributed by atoms with Crippen LogP contribution in [-0.4, -0.2) is 29.3 Å². The molecule has 0 atom stereocenters. The third-order valence-corrected chi connectivity index (χ3v) is 6.12. The number of thioether (sulfide) groups is 1. The van der Waals surface area contributed by atoms with Crippen LogP contribution in [0.2, 0.25) is 0 Å². The first kappa shape index (κ1) is 23.5. The minimum atomic E-state index is -0.275. The lowest BCUT2D eigenvalue weighted by atomic mass is 10.2. The molecule has 1 heterocycles. The number of carbonyl (C=O) groups is 2. The topological polar surface area (TPSA) is 67.9 Å². The smallest absolute Gasteiger partial charge is 0.270 e. The maximum atomic E-state index is 13.1. The Kier molecular flexibility index (Phi) is 7.61. The third-order valence-electron chi connectivity index (χ3n) is 4.82. The highest BCUT2D eigenvalue weighted by atomic mass is 32.2. The zero-order chi connectivity index (χ0) is 23.9. The van der Waals surface area contributed by atoms with Gasteiger partial charge in [-0.1, -0.05) is 60.4 Å². The lowest BCUT2D eigenvalue weighted by Crippen LogP contribution is -2.27. The molecule has 6 nitrogen and oxygen atoms in total. The van der Waals surface area contributed by atoms with Crippen molar-refractivity contribution >= 4 is 57.6 Å². The Labute approximate surface area is 207 Å². The largest absolute Gasteiger partial charge is 0.494 e. The van der Waals surface area contributed by atoms with Crippen molar-refractivity contribution in [3.05, 3.63) is 89.3 Å². The Hall–Kier alpha value is -3.62. The van der Waals surface area contributed by atoms with Crippen LogP contribution in [0.3, 0.4) is 0 Å². The zero-order valence-electron chi connectivity index (χ0n) is 18.4. The second-order valence-corrected chi connectivity index (χ2v) is 8.86. The summed E-state index contributed by atoms with van der Waals surface area (Å²) in [6.07, 6.45) is 1.73. The lowest BCUT2D eigenvalue weighted by Gasteiger charge is -2.15. The fourth-order valence-corrected chi connectivity index (χ4v) is 4.57. The number of amides is 2. The number of carbonyl (C=O) groups excluding carboxylic acids is 2. The monoisotopic (exact) mass is 490 g/mol. The maximum Gasteiger partial charge on any atom is 0.270 e. The van der Waals surface area contributed by atoms with Crippen LogP contribution in [0, 0.1) is 0 Å². The first-order valence-electron chi connectivity index (χ1n) is 10.6. The molecule has 1 aliphatic heterocycles. The van der Waals surface area contributed by atoms with Gasteiger partial charge in [-0.3, -0.25) is 14.5 Å². The second-order valence-electron chi connectivity index (χ2n) is 7.18. The highest BCUT2D eigenvalue weighted by Crippen LogP contribution is 2.37. The minimum absolute atomic E-state index is 0.160. The Morgan fingerprint density at radius 1 is 1.00 bits per heavy atom. The molecule has 1 fully saturated rings. The quantitative estimate of drug-likeness (QED) is 0.332. The van der Waals surface area contributed by atoms with Gasteiger partial charge in [-0.25, -0.2) is 0 Å². The van der Waals surface area contributed by atoms with E-state index in [1.165, 1.54) is 16.7 Å². The van der Waals surface area contributed by atoms with Crippen molar-refractivity contribution < 1.29 is 19.1 Å². The van der Waals surface area contributed by atoms with Gasteiger partial charge in [0.2, 0.25) is 0 Å². The molecule has 172 valence electrons. The van der Waals surface area contributed by atoms with Crippen molar-refractivity contribution in [3.8, 4) is 11.5 Å². The van der Waals surface area contributed by atoms with Gasteiger partial charge in [-0.05, 0) is 55.5 Å². The summed E-state index contributed by atoms with van der Waals surface area (Å²) in [5.74, 6) is 0.741. The molecule has 0 saturated carbocycles. The van der Waals surface area contributed by atoms with Crippen molar-refractivity contribution in [2.24, 2.45) is 0 Å². The van der Waals surface area contributed by atoms with E-state index in [2.05, 4.69) is 5.32 Å². The molecule has 1 N–H and O–H groups in total. The molecule has 0 bridgehead atoms. The lowest BCUT2D eigenvalue weighted by molar-refractivity contribution is -0.118. The van der Waals surface area contributed by atoms with Gasteiger partial charge in [-0.2, -0.15) is 0 Å². The number of nitrogens with one attached hydrogen (secondary N) is 1. The van der Waals surface area contributed by atoms with E-state index in [9.17, 15) is 9.59 Å². The van der Waals surface area contributed by atoms with E-state index in [1.807, 2.05) is 55.5 Å². The summed E-state index contributed by atoms with van der Waals surface area (Å²) in [5.41, 5.74) is 2.06. The molecule has 0 unspecified atom stereocenters. The summed E-state index contributed by atoms with van der Waals surface area (Å²) in [5, 5.41) is 2.78. The average Bonchev–Trinajstić information content (AvgIpc) is 3.12. The molecular weight excluding hydrogens is 468 g/mol. The number of anilines is 2. The number of benzene rings is 3. The number of hydrogen-bond acceptors (Lipinski definition) is 6. The maximum absolute atomic E-state index is 13.1. The predicted molar refractivity (Wildman–Crippen MR) is 140 cm³/mol. The number of nitrogens with zero attached hydrogens (tertiary/aromatic N) is 1. The molecule has 1 aliphatic rings. The van der Waals surface area contributed by atoms with Crippen LogP contribution in [0.5, 0.6) is 11.5 Å². The molecule has 4 rings (SSSR count). The summed E-state index contributed by atoms with van der Waals surface area (Å²) < 4.78 is 11.7.